The largest absolute Gasteiger partial charge is 0.273 e. The average Bonchev–Trinajstić information content (AvgIpc) is 3.05. The van der Waals surface area contributed by atoms with E-state index in [2.05, 4.69) is 10.9 Å². The molecule has 8 heteroatoms. The van der Waals surface area contributed by atoms with Crippen LogP contribution in [0.5, 0.6) is 0 Å². The predicted molar refractivity (Wildman–Crippen MR) is 89.4 cm³/mol. The monoisotopic (exact) mass is 351 g/mol. The lowest BCUT2D eigenvalue weighted by atomic mass is 10.1. The minimum atomic E-state index is -3.62. The number of benzene rings is 1. The molecule has 0 spiro atoms. The van der Waals surface area contributed by atoms with Crippen molar-refractivity contribution in [1.29, 1.82) is 0 Å². The van der Waals surface area contributed by atoms with Crippen molar-refractivity contribution in [3.8, 4) is 0 Å². The van der Waals surface area contributed by atoms with Crippen LogP contribution in [0.1, 0.15) is 29.6 Å². The summed E-state index contributed by atoms with van der Waals surface area (Å²) in [6.45, 7) is 0. The number of hydrogen-bond acceptors (Lipinski definition) is 4. The zero-order valence-electron chi connectivity index (χ0n) is 13.7. The maximum atomic E-state index is 12.1. The van der Waals surface area contributed by atoms with Crippen molar-refractivity contribution in [3.63, 3.8) is 0 Å². The van der Waals surface area contributed by atoms with Crippen LogP contribution in [0, 0.1) is 5.92 Å². The second kappa shape index (κ2) is 7.59. The summed E-state index contributed by atoms with van der Waals surface area (Å²) in [4.78, 5) is 23.9. The Morgan fingerprint density at radius 3 is 2.62 bits per heavy atom. The number of carbonyl (C=O) groups excluding carboxylic acids is 2. The molecule has 0 unspecified atom stereocenters. The van der Waals surface area contributed by atoms with Crippen molar-refractivity contribution in [2.45, 2.75) is 24.2 Å². The Balaban J connectivity index is 1.97. The van der Waals surface area contributed by atoms with Crippen LogP contribution < -0.4 is 10.9 Å². The van der Waals surface area contributed by atoms with Gasteiger partial charge in [0.1, 0.15) is 0 Å². The molecule has 2 amide bonds. The van der Waals surface area contributed by atoms with Gasteiger partial charge in [-0.2, -0.15) is 0 Å². The van der Waals surface area contributed by atoms with Gasteiger partial charge >= 0.3 is 0 Å². The fourth-order valence-corrected chi connectivity index (χ4v) is 3.31. The number of carbonyl (C=O) groups is 2. The third-order valence-corrected chi connectivity index (χ3v) is 5.56. The van der Waals surface area contributed by atoms with Crippen LogP contribution in [0.15, 0.2) is 41.3 Å². The van der Waals surface area contributed by atoms with Gasteiger partial charge in [-0.15, -0.1) is 0 Å². The molecule has 0 aromatic heterocycles. The van der Waals surface area contributed by atoms with Crippen molar-refractivity contribution < 1.29 is 18.0 Å². The first-order valence-electron chi connectivity index (χ1n) is 7.59. The van der Waals surface area contributed by atoms with E-state index in [0.717, 1.165) is 17.1 Å². The highest BCUT2D eigenvalue weighted by Gasteiger charge is 2.19. The average molecular weight is 351 g/mol. The molecule has 0 radical (unpaired) electrons. The van der Waals surface area contributed by atoms with Crippen LogP contribution in [0.4, 0.5) is 0 Å². The van der Waals surface area contributed by atoms with E-state index in [-0.39, 0.29) is 22.3 Å². The fourth-order valence-electron chi connectivity index (χ4n) is 2.36. The molecule has 0 aliphatic heterocycles. The Labute approximate surface area is 141 Å². The van der Waals surface area contributed by atoms with Gasteiger partial charge in [-0.1, -0.05) is 18.2 Å². The number of sulfonamides is 1. The maximum absolute atomic E-state index is 12.1. The molecular weight excluding hydrogens is 330 g/mol. The predicted octanol–water partition coefficient (Wildman–Crippen LogP) is 1.05. The van der Waals surface area contributed by atoms with Crippen molar-refractivity contribution in [3.05, 3.63) is 42.0 Å². The minimum Gasteiger partial charge on any atom is -0.273 e. The van der Waals surface area contributed by atoms with Crippen LogP contribution in [0.2, 0.25) is 0 Å². The van der Waals surface area contributed by atoms with E-state index < -0.39 is 15.9 Å². The molecule has 0 heterocycles. The number of hydrogen-bond donors (Lipinski definition) is 2. The van der Waals surface area contributed by atoms with Crippen LogP contribution in [-0.4, -0.2) is 38.6 Å². The lowest BCUT2D eigenvalue weighted by Gasteiger charge is -2.13. The molecule has 0 fully saturated rings. The number of nitrogens with one attached hydrogen (secondary N) is 2. The molecule has 1 aliphatic carbocycles. The van der Waals surface area contributed by atoms with Gasteiger partial charge in [-0.3, -0.25) is 20.4 Å². The summed E-state index contributed by atoms with van der Waals surface area (Å²) < 4.78 is 25.2. The Bertz CT molecular complexity index is 756. The van der Waals surface area contributed by atoms with E-state index in [1.807, 2.05) is 12.2 Å². The van der Waals surface area contributed by atoms with Gasteiger partial charge in [0, 0.05) is 26.1 Å². The summed E-state index contributed by atoms with van der Waals surface area (Å²) in [6.07, 6.45) is 6.25. The summed E-state index contributed by atoms with van der Waals surface area (Å²) >= 11 is 0. The normalized spacial score (nSPS) is 17.0. The van der Waals surface area contributed by atoms with E-state index in [9.17, 15) is 18.0 Å². The molecule has 24 heavy (non-hydrogen) atoms. The summed E-state index contributed by atoms with van der Waals surface area (Å²) in [7, 11) is -0.789. The molecule has 1 aromatic rings. The van der Waals surface area contributed by atoms with E-state index in [1.54, 1.807) is 0 Å². The molecule has 7 nitrogen and oxygen atoms in total. The van der Waals surface area contributed by atoms with Gasteiger partial charge < -0.3 is 0 Å². The number of hydrazine groups is 1. The lowest BCUT2D eigenvalue weighted by molar-refractivity contribution is -0.122. The van der Waals surface area contributed by atoms with Crippen molar-refractivity contribution in [1.82, 2.24) is 15.2 Å². The molecule has 130 valence electrons. The summed E-state index contributed by atoms with van der Waals surface area (Å²) in [5.41, 5.74) is 4.82. The molecule has 0 saturated carbocycles. The molecule has 0 saturated heterocycles. The summed E-state index contributed by atoms with van der Waals surface area (Å²) in [6, 6.07) is 5.65. The standard InChI is InChI=1S/C16H21N3O4S/c1-19(2)24(22,23)14-9-5-8-13(11-14)16(21)18-17-15(20)10-12-6-3-4-7-12/h3,5-6,8-9,11-12H,4,7,10H2,1-2H3,(H,17,20)(H,18,21)/t12-/m0/s1. The number of amides is 2. The first-order valence-corrected chi connectivity index (χ1v) is 9.03. The van der Waals surface area contributed by atoms with E-state index in [1.165, 1.54) is 38.4 Å². The molecule has 0 bridgehead atoms. The molecule has 2 N–H and O–H groups in total. The Kier molecular flexibility index (Phi) is 5.74. The van der Waals surface area contributed by atoms with E-state index in [0.29, 0.717) is 6.42 Å². The number of rotatable bonds is 5. The van der Waals surface area contributed by atoms with Crippen LogP contribution >= 0.6 is 0 Å². The van der Waals surface area contributed by atoms with Crippen molar-refractivity contribution in [2.75, 3.05) is 14.1 Å². The second-order valence-corrected chi connectivity index (χ2v) is 7.94. The van der Waals surface area contributed by atoms with Gasteiger partial charge in [-0.25, -0.2) is 12.7 Å². The van der Waals surface area contributed by atoms with Gasteiger partial charge in [0.05, 0.1) is 4.90 Å². The van der Waals surface area contributed by atoms with Crippen molar-refractivity contribution in [2.24, 2.45) is 5.92 Å². The lowest BCUT2D eigenvalue weighted by Crippen LogP contribution is -2.42. The highest BCUT2D eigenvalue weighted by molar-refractivity contribution is 7.89. The van der Waals surface area contributed by atoms with E-state index in [4.69, 9.17) is 0 Å². The Morgan fingerprint density at radius 2 is 2.00 bits per heavy atom. The smallest absolute Gasteiger partial charge is 0.269 e. The Hall–Kier alpha value is -2.19. The van der Waals surface area contributed by atoms with E-state index >= 15 is 0 Å². The van der Waals surface area contributed by atoms with Crippen molar-refractivity contribution >= 4 is 21.8 Å². The zero-order chi connectivity index (χ0) is 17.7. The zero-order valence-corrected chi connectivity index (χ0v) is 14.5. The van der Waals surface area contributed by atoms with Gasteiger partial charge in [0.25, 0.3) is 5.91 Å². The summed E-state index contributed by atoms with van der Waals surface area (Å²) in [5, 5.41) is 0. The fraction of sp³-hybridized carbons (Fsp3) is 0.375. The SMILES string of the molecule is CN(C)S(=O)(=O)c1cccc(C(=O)NNC(=O)C[C@H]2C=CCC2)c1. The summed E-state index contributed by atoms with van der Waals surface area (Å²) in [5.74, 6) is -0.645. The highest BCUT2D eigenvalue weighted by atomic mass is 32.2. The van der Waals surface area contributed by atoms with Gasteiger partial charge in [0.15, 0.2) is 0 Å². The Morgan fingerprint density at radius 1 is 1.25 bits per heavy atom. The van der Waals surface area contributed by atoms with Crippen LogP contribution in [-0.2, 0) is 14.8 Å². The molecule has 1 atom stereocenters. The molecule has 2 rings (SSSR count). The third kappa shape index (κ3) is 4.42. The van der Waals surface area contributed by atoms with Crippen LogP contribution in [0.25, 0.3) is 0 Å². The number of allylic oxidation sites excluding steroid dienone is 2. The molecule has 1 aliphatic rings. The quantitative estimate of drug-likeness (QED) is 0.612. The van der Waals surface area contributed by atoms with Gasteiger partial charge in [-0.05, 0) is 37.0 Å². The molecular formula is C16H21N3O4S. The number of nitrogens with zero attached hydrogens (tertiary/aromatic N) is 1. The third-order valence-electron chi connectivity index (χ3n) is 3.75. The maximum Gasteiger partial charge on any atom is 0.269 e. The van der Waals surface area contributed by atoms with Crippen LogP contribution in [0.3, 0.4) is 0 Å². The minimum absolute atomic E-state index is 0.0163. The van der Waals surface area contributed by atoms with Gasteiger partial charge in [0.2, 0.25) is 15.9 Å². The second-order valence-electron chi connectivity index (χ2n) is 5.79. The first kappa shape index (κ1) is 18.2. The highest BCUT2D eigenvalue weighted by Crippen LogP contribution is 2.19. The topological polar surface area (TPSA) is 95.6 Å². The first-order chi connectivity index (χ1) is 11.3. The molecule has 1 aromatic carbocycles.